The molecule has 0 aliphatic carbocycles. The minimum absolute atomic E-state index is 0.340. The van der Waals surface area contributed by atoms with E-state index in [4.69, 9.17) is 5.73 Å². The van der Waals surface area contributed by atoms with Gasteiger partial charge in [0.15, 0.2) is 0 Å². The molecule has 4 nitrogen and oxygen atoms in total. The molecule has 4 heteroatoms. The van der Waals surface area contributed by atoms with Crippen molar-refractivity contribution in [1.82, 2.24) is 4.90 Å². The lowest BCUT2D eigenvalue weighted by Gasteiger charge is -2.28. The summed E-state index contributed by atoms with van der Waals surface area (Å²) in [6.07, 6.45) is 12.3. The maximum absolute atomic E-state index is 9.52. The van der Waals surface area contributed by atoms with E-state index in [-0.39, 0.29) is 0 Å². The topological polar surface area (TPSA) is 61.8 Å². The zero-order chi connectivity index (χ0) is 16.5. The molecule has 1 aliphatic heterocycles. The molecule has 0 saturated heterocycles. The summed E-state index contributed by atoms with van der Waals surface area (Å²) in [5, 5.41) is 9.52. The number of benzene rings is 1. The van der Waals surface area contributed by atoms with Crippen molar-refractivity contribution in [2.45, 2.75) is 25.8 Å². The first-order chi connectivity index (χ1) is 11.2. The van der Waals surface area contributed by atoms with E-state index in [9.17, 15) is 5.11 Å². The predicted octanol–water partition coefficient (Wildman–Crippen LogP) is 3.14. The zero-order valence-corrected chi connectivity index (χ0v) is 13.5. The fraction of sp³-hybridized carbons (Fsp3) is 0.316. The second-order valence-corrected chi connectivity index (χ2v) is 5.71. The fourth-order valence-corrected chi connectivity index (χ4v) is 2.59. The summed E-state index contributed by atoms with van der Waals surface area (Å²) >= 11 is 0. The number of fused-ring (bicyclic) bond motifs is 1. The van der Waals surface area contributed by atoms with Crippen LogP contribution in [0, 0.1) is 0 Å². The fourth-order valence-electron chi connectivity index (χ4n) is 2.59. The molecule has 0 aromatic heterocycles. The molecule has 0 radical (unpaired) electrons. The summed E-state index contributed by atoms with van der Waals surface area (Å²) in [6, 6.07) is 5.59. The molecule has 1 aromatic rings. The van der Waals surface area contributed by atoms with Crippen LogP contribution in [0.2, 0.25) is 0 Å². The molecule has 2 rings (SSSR count). The molecule has 1 aliphatic rings. The first-order valence-corrected chi connectivity index (χ1v) is 7.96. The number of phenols is 1. The molecule has 0 fully saturated rings. The number of allylic oxidation sites excluding steroid dienone is 3. The van der Waals surface area contributed by atoms with Gasteiger partial charge in [0.05, 0.1) is 0 Å². The normalized spacial score (nSPS) is 16.1. The number of aliphatic imine (C=N–C) groups is 1. The molecule has 3 N–H and O–H groups in total. The summed E-state index contributed by atoms with van der Waals surface area (Å²) in [5.41, 5.74) is 9.28. The van der Waals surface area contributed by atoms with Crippen molar-refractivity contribution in [2.24, 2.45) is 10.7 Å². The Balaban J connectivity index is 1.81. The average Bonchev–Trinajstić information content (AvgIpc) is 2.54. The van der Waals surface area contributed by atoms with Gasteiger partial charge in [-0.25, -0.2) is 0 Å². The quantitative estimate of drug-likeness (QED) is 0.462. The van der Waals surface area contributed by atoms with Crippen molar-refractivity contribution in [3.63, 3.8) is 0 Å². The monoisotopic (exact) mass is 311 g/mol. The number of nitrogens with two attached hydrogens (primary N) is 1. The van der Waals surface area contributed by atoms with Gasteiger partial charge in [0, 0.05) is 37.7 Å². The van der Waals surface area contributed by atoms with Crippen LogP contribution >= 0.6 is 0 Å². The van der Waals surface area contributed by atoms with E-state index in [1.165, 1.54) is 11.1 Å². The molecule has 1 heterocycles. The Kier molecular flexibility index (Phi) is 6.63. The van der Waals surface area contributed by atoms with Crippen LogP contribution in [0.15, 0.2) is 59.9 Å². The van der Waals surface area contributed by atoms with Crippen molar-refractivity contribution in [2.75, 3.05) is 13.1 Å². The molecular weight excluding hydrogens is 286 g/mol. The van der Waals surface area contributed by atoms with Crippen LogP contribution in [0.3, 0.4) is 0 Å². The molecule has 0 spiro atoms. The van der Waals surface area contributed by atoms with Gasteiger partial charge in [0.2, 0.25) is 0 Å². The van der Waals surface area contributed by atoms with Crippen molar-refractivity contribution >= 4 is 6.21 Å². The standard InChI is InChI=1S/C19H25N3O/c1-2-3-4-5-6-10-21-13-18(20)15-22-11-9-16-12-19(23)8-7-17(16)14-22/h2,5-8,10,12-13,23H,1,3-4,9,11,14-15,20H2/b6-5+,18-13-,21-10+. The van der Waals surface area contributed by atoms with Crippen molar-refractivity contribution in [3.8, 4) is 5.75 Å². The largest absolute Gasteiger partial charge is 0.508 e. The molecular formula is C19H25N3O. The van der Waals surface area contributed by atoms with Gasteiger partial charge in [0.1, 0.15) is 5.75 Å². The maximum atomic E-state index is 9.52. The molecule has 0 unspecified atom stereocenters. The number of unbranched alkanes of at least 4 members (excludes halogenated alkanes) is 1. The second-order valence-electron chi connectivity index (χ2n) is 5.71. The van der Waals surface area contributed by atoms with E-state index in [1.54, 1.807) is 18.5 Å². The van der Waals surface area contributed by atoms with Crippen LogP contribution in [-0.4, -0.2) is 29.3 Å². The average molecular weight is 311 g/mol. The molecule has 0 saturated carbocycles. The van der Waals surface area contributed by atoms with E-state index in [0.29, 0.717) is 12.3 Å². The highest BCUT2D eigenvalue weighted by Crippen LogP contribution is 2.23. The summed E-state index contributed by atoms with van der Waals surface area (Å²) in [6.45, 7) is 6.18. The SMILES string of the molecule is C=CCC/C=C/C=N/C=C(\N)CN1CCc2cc(O)ccc2C1. The van der Waals surface area contributed by atoms with E-state index in [0.717, 1.165) is 38.0 Å². The van der Waals surface area contributed by atoms with Crippen LogP contribution in [0.4, 0.5) is 0 Å². The van der Waals surface area contributed by atoms with Crippen molar-refractivity contribution in [1.29, 1.82) is 0 Å². The molecule has 122 valence electrons. The minimum Gasteiger partial charge on any atom is -0.508 e. The highest BCUT2D eigenvalue weighted by atomic mass is 16.3. The Morgan fingerprint density at radius 1 is 1.35 bits per heavy atom. The third kappa shape index (κ3) is 5.75. The van der Waals surface area contributed by atoms with Gasteiger partial charge in [-0.2, -0.15) is 0 Å². The number of hydrogen-bond donors (Lipinski definition) is 2. The van der Waals surface area contributed by atoms with Gasteiger partial charge < -0.3 is 10.8 Å². The smallest absolute Gasteiger partial charge is 0.115 e. The van der Waals surface area contributed by atoms with E-state index in [1.807, 2.05) is 24.3 Å². The lowest BCUT2D eigenvalue weighted by atomic mass is 9.99. The zero-order valence-electron chi connectivity index (χ0n) is 13.5. The Morgan fingerprint density at radius 3 is 3.04 bits per heavy atom. The first kappa shape index (κ1) is 17.0. The van der Waals surface area contributed by atoms with Crippen LogP contribution in [0.1, 0.15) is 24.0 Å². The van der Waals surface area contributed by atoms with E-state index in [2.05, 4.69) is 22.5 Å². The second kappa shape index (κ2) is 8.96. The minimum atomic E-state index is 0.340. The van der Waals surface area contributed by atoms with Gasteiger partial charge in [-0.05, 0) is 48.6 Å². The lowest BCUT2D eigenvalue weighted by Crippen LogP contribution is -2.33. The number of hydrogen-bond acceptors (Lipinski definition) is 4. The number of rotatable bonds is 7. The number of aromatic hydroxyl groups is 1. The van der Waals surface area contributed by atoms with Gasteiger partial charge in [0.25, 0.3) is 0 Å². The Morgan fingerprint density at radius 2 is 2.22 bits per heavy atom. The summed E-state index contributed by atoms with van der Waals surface area (Å²) in [5.74, 6) is 0.340. The third-order valence-corrected chi connectivity index (χ3v) is 3.77. The molecule has 0 amide bonds. The molecule has 1 aromatic carbocycles. The predicted molar refractivity (Wildman–Crippen MR) is 96.4 cm³/mol. The van der Waals surface area contributed by atoms with Crippen LogP contribution in [-0.2, 0) is 13.0 Å². The van der Waals surface area contributed by atoms with Gasteiger partial charge >= 0.3 is 0 Å². The summed E-state index contributed by atoms with van der Waals surface area (Å²) in [4.78, 5) is 6.50. The first-order valence-electron chi connectivity index (χ1n) is 7.96. The van der Waals surface area contributed by atoms with Gasteiger partial charge in [-0.15, -0.1) is 6.58 Å². The number of phenolic OH excluding ortho intramolecular Hbond substituents is 1. The summed E-state index contributed by atoms with van der Waals surface area (Å²) in [7, 11) is 0. The Labute approximate surface area is 138 Å². The number of nitrogens with zero attached hydrogens (tertiary/aromatic N) is 2. The van der Waals surface area contributed by atoms with Gasteiger partial charge in [-0.1, -0.05) is 18.2 Å². The highest BCUT2D eigenvalue weighted by molar-refractivity contribution is 5.71. The molecule has 0 bridgehead atoms. The van der Waals surface area contributed by atoms with Crippen LogP contribution in [0.5, 0.6) is 5.75 Å². The Hall–Kier alpha value is -2.33. The Bertz CT molecular complexity index is 617. The maximum Gasteiger partial charge on any atom is 0.115 e. The summed E-state index contributed by atoms with van der Waals surface area (Å²) < 4.78 is 0. The van der Waals surface area contributed by atoms with Gasteiger partial charge in [-0.3, -0.25) is 9.89 Å². The van der Waals surface area contributed by atoms with E-state index < -0.39 is 0 Å². The van der Waals surface area contributed by atoms with Crippen LogP contribution in [0.25, 0.3) is 0 Å². The van der Waals surface area contributed by atoms with Crippen molar-refractivity contribution < 1.29 is 5.11 Å². The van der Waals surface area contributed by atoms with Crippen LogP contribution < -0.4 is 5.73 Å². The van der Waals surface area contributed by atoms with E-state index >= 15 is 0 Å². The third-order valence-electron chi connectivity index (χ3n) is 3.77. The molecule has 0 atom stereocenters. The molecule has 23 heavy (non-hydrogen) atoms. The lowest BCUT2D eigenvalue weighted by molar-refractivity contribution is 0.274. The van der Waals surface area contributed by atoms with Crippen molar-refractivity contribution in [3.05, 3.63) is 66.0 Å². The highest BCUT2D eigenvalue weighted by Gasteiger charge is 2.16.